The molecule has 2 heterocycles. The van der Waals surface area contributed by atoms with E-state index in [0.717, 1.165) is 10.5 Å². The first-order valence-corrected chi connectivity index (χ1v) is 11.1. The van der Waals surface area contributed by atoms with Gasteiger partial charge in [-0.3, -0.25) is 9.69 Å². The molecule has 2 aliphatic heterocycles. The molecule has 8 nitrogen and oxygen atoms in total. The molecule has 0 spiro atoms. The lowest BCUT2D eigenvalue weighted by Gasteiger charge is -2.42. The Morgan fingerprint density at radius 2 is 1.88 bits per heavy atom. The van der Waals surface area contributed by atoms with Crippen molar-refractivity contribution in [3.8, 4) is 11.5 Å². The first-order chi connectivity index (χ1) is 15.9. The Hall–Kier alpha value is -3.27. The summed E-state index contributed by atoms with van der Waals surface area (Å²) in [6, 6.07) is 15.8. The fraction of sp³-hybridized carbons (Fsp3) is 0.130. The minimum absolute atomic E-state index is 0.0944. The Morgan fingerprint density at radius 3 is 2.67 bits per heavy atom. The second-order valence-electron chi connectivity index (χ2n) is 7.47. The number of hydrogen-bond acceptors (Lipinski definition) is 5. The quantitative estimate of drug-likeness (QED) is 0.466. The summed E-state index contributed by atoms with van der Waals surface area (Å²) in [7, 11) is 0. The highest BCUT2D eigenvalue weighted by molar-refractivity contribution is 9.10. The van der Waals surface area contributed by atoms with Crippen molar-refractivity contribution in [2.45, 2.75) is 12.3 Å². The third-order valence-electron chi connectivity index (χ3n) is 5.42. The van der Waals surface area contributed by atoms with Gasteiger partial charge >= 0.3 is 6.03 Å². The number of halogens is 2. The van der Waals surface area contributed by atoms with Gasteiger partial charge in [0.15, 0.2) is 11.5 Å². The molecular formula is C23H17BrClN3O5. The van der Waals surface area contributed by atoms with Crippen LogP contribution in [0.2, 0.25) is 5.02 Å². The maximum absolute atomic E-state index is 13.5. The molecule has 0 radical (unpaired) electrons. The number of urea groups is 1. The average Bonchev–Trinajstić information content (AvgIpc) is 3.27. The summed E-state index contributed by atoms with van der Waals surface area (Å²) in [5, 5.41) is 17.8. The van der Waals surface area contributed by atoms with Crippen LogP contribution in [0.5, 0.6) is 11.5 Å². The molecule has 0 aromatic heterocycles. The van der Waals surface area contributed by atoms with Crippen LogP contribution in [-0.2, 0) is 17.1 Å². The SMILES string of the molecule is O=C1Nc2ccc(Br)cc2[C@@](O)(C(=O)NCc2ccc3c(c2)OCO3)N1c1ccc(Cl)cc1. The highest BCUT2D eigenvalue weighted by Gasteiger charge is 2.52. The van der Waals surface area contributed by atoms with Crippen molar-refractivity contribution in [1.82, 2.24) is 5.32 Å². The van der Waals surface area contributed by atoms with Gasteiger partial charge in [-0.05, 0) is 60.2 Å². The Balaban J connectivity index is 1.52. The molecule has 168 valence electrons. The minimum atomic E-state index is -2.33. The molecule has 0 saturated carbocycles. The fourth-order valence-electron chi connectivity index (χ4n) is 3.83. The third-order valence-corrected chi connectivity index (χ3v) is 6.16. The standard InChI is InChI=1S/C23H17BrClN3O5/c24-14-2-7-18-17(10-14)23(31,28(22(30)27-18)16-5-3-15(25)4-6-16)21(29)26-11-13-1-8-19-20(9-13)33-12-32-19/h1-10,31H,11-12H2,(H,26,29)(H,27,30)/t23-/m1/s1. The number of carbonyl (C=O) groups is 2. The molecule has 3 amide bonds. The van der Waals surface area contributed by atoms with Crippen LogP contribution in [0, 0.1) is 0 Å². The maximum Gasteiger partial charge on any atom is 0.329 e. The van der Waals surface area contributed by atoms with E-state index in [-0.39, 0.29) is 18.9 Å². The number of hydrogen-bond donors (Lipinski definition) is 3. The van der Waals surface area contributed by atoms with Gasteiger partial charge in [0, 0.05) is 27.3 Å². The van der Waals surface area contributed by atoms with E-state index < -0.39 is 17.7 Å². The lowest BCUT2D eigenvalue weighted by atomic mass is 9.94. The van der Waals surface area contributed by atoms with Crippen LogP contribution in [0.3, 0.4) is 0 Å². The average molecular weight is 531 g/mol. The summed E-state index contributed by atoms with van der Waals surface area (Å²) in [4.78, 5) is 27.6. The summed E-state index contributed by atoms with van der Waals surface area (Å²) in [5.74, 6) is 0.430. The predicted octanol–water partition coefficient (Wildman–Crippen LogP) is 4.34. The van der Waals surface area contributed by atoms with Crippen molar-refractivity contribution in [2.75, 3.05) is 17.0 Å². The molecule has 0 unspecified atom stereocenters. The molecule has 0 bridgehead atoms. The summed E-state index contributed by atoms with van der Waals surface area (Å²) in [6.07, 6.45) is 0. The number of aliphatic hydroxyl groups is 1. The molecule has 33 heavy (non-hydrogen) atoms. The Labute approximate surface area is 202 Å². The number of carbonyl (C=O) groups excluding carboxylic acids is 2. The van der Waals surface area contributed by atoms with E-state index in [9.17, 15) is 14.7 Å². The zero-order chi connectivity index (χ0) is 23.2. The second-order valence-corrected chi connectivity index (χ2v) is 8.83. The molecule has 0 fully saturated rings. The molecule has 10 heteroatoms. The highest BCUT2D eigenvalue weighted by atomic mass is 79.9. The Bertz CT molecular complexity index is 1270. The van der Waals surface area contributed by atoms with Gasteiger partial charge in [-0.2, -0.15) is 0 Å². The number of nitrogens with zero attached hydrogens (tertiary/aromatic N) is 1. The zero-order valence-corrected chi connectivity index (χ0v) is 19.3. The van der Waals surface area contributed by atoms with Crippen molar-refractivity contribution in [2.24, 2.45) is 0 Å². The lowest BCUT2D eigenvalue weighted by molar-refractivity contribution is -0.140. The van der Waals surface area contributed by atoms with Gasteiger partial charge in [0.25, 0.3) is 11.6 Å². The number of benzene rings is 3. The maximum atomic E-state index is 13.5. The molecule has 5 rings (SSSR count). The van der Waals surface area contributed by atoms with Crippen molar-refractivity contribution in [1.29, 1.82) is 0 Å². The third kappa shape index (κ3) is 3.78. The van der Waals surface area contributed by atoms with Crippen LogP contribution >= 0.6 is 27.5 Å². The van der Waals surface area contributed by atoms with E-state index in [1.807, 2.05) is 0 Å². The van der Waals surface area contributed by atoms with E-state index >= 15 is 0 Å². The molecule has 0 saturated heterocycles. The number of ether oxygens (including phenoxy) is 2. The van der Waals surface area contributed by atoms with Crippen LogP contribution in [0.4, 0.5) is 16.2 Å². The smallest absolute Gasteiger partial charge is 0.329 e. The van der Waals surface area contributed by atoms with Crippen molar-refractivity contribution < 1.29 is 24.2 Å². The van der Waals surface area contributed by atoms with Gasteiger partial charge in [-0.15, -0.1) is 0 Å². The topological polar surface area (TPSA) is 100 Å². The number of nitrogens with one attached hydrogen (secondary N) is 2. The van der Waals surface area contributed by atoms with Crippen LogP contribution in [0.25, 0.3) is 0 Å². The van der Waals surface area contributed by atoms with Crippen molar-refractivity contribution >= 4 is 50.8 Å². The van der Waals surface area contributed by atoms with E-state index in [1.54, 1.807) is 60.7 Å². The van der Waals surface area contributed by atoms with Crippen LogP contribution in [0.15, 0.2) is 65.1 Å². The zero-order valence-electron chi connectivity index (χ0n) is 17.0. The second kappa shape index (κ2) is 8.26. The van der Waals surface area contributed by atoms with Crippen LogP contribution in [-0.4, -0.2) is 23.8 Å². The van der Waals surface area contributed by atoms with Crippen molar-refractivity contribution in [3.05, 3.63) is 81.3 Å². The highest BCUT2D eigenvalue weighted by Crippen LogP contribution is 2.41. The van der Waals surface area contributed by atoms with E-state index in [4.69, 9.17) is 21.1 Å². The number of fused-ring (bicyclic) bond motifs is 2. The molecule has 3 N–H and O–H groups in total. The first kappa shape index (κ1) is 21.6. The van der Waals surface area contributed by atoms with E-state index in [1.165, 1.54) is 0 Å². The summed E-state index contributed by atoms with van der Waals surface area (Å²) in [5.41, 5.74) is -0.748. The molecule has 2 aliphatic rings. The largest absolute Gasteiger partial charge is 0.454 e. The van der Waals surface area contributed by atoms with Crippen LogP contribution < -0.4 is 25.0 Å². The summed E-state index contributed by atoms with van der Waals surface area (Å²) < 4.78 is 11.3. The number of anilines is 2. The van der Waals surface area contributed by atoms with Gasteiger partial charge < -0.3 is 25.2 Å². The number of rotatable bonds is 4. The summed E-state index contributed by atoms with van der Waals surface area (Å²) >= 11 is 9.37. The van der Waals surface area contributed by atoms with E-state index in [0.29, 0.717) is 32.4 Å². The van der Waals surface area contributed by atoms with Crippen LogP contribution in [0.1, 0.15) is 11.1 Å². The minimum Gasteiger partial charge on any atom is -0.454 e. The van der Waals surface area contributed by atoms with Gasteiger partial charge in [0.1, 0.15) is 0 Å². The lowest BCUT2D eigenvalue weighted by Crippen LogP contribution is -2.62. The van der Waals surface area contributed by atoms with Gasteiger partial charge in [-0.25, -0.2) is 4.79 Å². The van der Waals surface area contributed by atoms with E-state index in [2.05, 4.69) is 26.6 Å². The molecular weight excluding hydrogens is 514 g/mol. The Kier molecular flexibility index (Phi) is 5.40. The van der Waals surface area contributed by atoms with Gasteiger partial charge in [0.05, 0.1) is 5.69 Å². The molecule has 0 aliphatic carbocycles. The molecule has 3 aromatic carbocycles. The Morgan fingerprint density at radius 1 is 1.12 bits per heavy atom. The fourth-order valence-corrected chi connectivity index (χ4v) is 4.31. The van der Waals surface area contributed by atoms with Gasteiger partial charge in [0.2, 0.25) is 6.79 Å². The summed E-state index contributed by atoms with van der Waals surface area (Å²) in [6.45, 7) is 0.235. The predicted molar refractivity (Wildman–Crippen MR) is 125 cm³/mol. The van der Waals surface area contributed by atoms with Gasteiger partial charge in [-0.1, -0.05) is 33.6 Å². The molecule has 3 aromatic rings. The normalized spacial score (nSPS) is 18.5. The molecule has 1 atom stereocenters. The number of amides is 3. The van der Waals surface area contributed by atoms with Crippen molar-refractivity contribution in [3.63, 3.8) is 0 Å². The monoisotopic (exact) mass is 529 g/mol. The first-order valence-electron chi connectivity index (χ1n) is 9.92.